The van der Waals surface area contributed by atoms with Crippen LogP contribution in [0.4, 0.5) is 11.4 Å². The minimum Gasteiger partial charge on any atom is -0.494 e. The van der Waals surface area contributed by atoms with Crippen LogP contribution in [0.1, 0.15) is 116 Å². The number of carbonyl (C=O) groups is 2. The fourth-order valence-electron chi connectivity index (χ4n) is 7.30. The Kier molecular flexibility index (Phi) is 14.2. The molecule has 0 bridgehead atoms. The Morgan fingerprint density at radius 1 is 0.837 bits per heavy atom. The van der Waals surface area contributed by atoms with E-state index in [4.69, 9.17) is 9.47 Å². The van der Waals surface area contributed by atoms with Gasteiger partial charge in [0.05, 0.1) is 12.3 Å². The summed E-state index contributed by atoms with van der Waals surface area (Å²) in [4.78, 5) is 32.5. The summed E-state index contributed by atoms with van der Waals surface area (Å²) < 4.78 is 13.2. The van der Waals surface area contributed by atoms with Crippen LogP contribution >= 0.6 is 11.3 Å². The molecule has 0 spiro atoms. The van der Waals surface area contributed by atoms with Crippen LogP contribution in [0.25, 0.3) is 10.1 Å². The summed E-state index contributed by atoms with van der Waals surface area (Å²) in [6.45, 7) is 12.4. The molecule has 1 aromatic heterocycles. The zero-order valence-electron chi connectivity index (χ0n) is 30.4. The zero-order valence-corrected chi connectivity index (χ0v) is 31.2. The van der Waals surface area contributed by atoms with Crippen molar-refractivity contribution in [3.63, 3.8) is 0 Å². The Morgan fingerprint density at radius 3 is 2.33 bits per heavy atom. The summed E-state index contributed by atoms with van der Waals surface area (Å²) in [5, 5.41) is 3.56. The molecule has 0 saturated carbocycles. The molecule has 0 aliphatic carbocycles. The molecule has 7 nitrogen and oxygen atoms in total. The molecular weight excluding hydrogens is 631 g/mol. The lowest BCUT2D eigenvalue weighted by molar-refractivity contribution is -0.144. The second-order valence-electron chi connectivity index (χ2n) is 14.6. The van der Waals surface area contributed by atoms with Crippen LogP contribution in [0.2, 0.25) is 0 Å². The van der Waals surface area contributed by atoms with Gasteiger partial charge in [-0.25, -0.2) is 0 Å². The van der Waals surface area contributed by atoms with Crippen LogP contribution in [0.15, 0.2) is 47.8 Å². The second kappa shape index (κ2) is 18.8. The lowest BCUT2D eigenvalue weighted by Gasteiger charge is -2.38. The fourth-order valence-corrected chi connectivity index (χ4v) is 8.11. The highest BCUT2D eigenvalue weighted by Gasteiger charge is 2.37. The number of unbranched alkanes of at least 4 members (excludes halogenated alkanes) is 10. The molecule has 1 saturated heterocycles. The van der Waals surface area contributed by atoms with Gasteiger partial charge in [-0.05, 0) is 61.0 Å². The van der Waals surface area contributed by atoms with E-state index in [0.29, 0.717) is 19.4 Å². The monoisotopic (exact) mass is 689 g/mol. The first-order chi connectivity index (χ1) is 23.9. The highest BCUT2D eigenvalue weighted by Crippen LogP contribution is 2.42. The van der Waals surface area contributed by atoms with Gasteiger partial charge in [0.25, 0.3) is 0 Å². The number of carbonyl (C=O) groups excluding carboxylic acids is 2. The Morgan fingerprint density at radius 2 is 1.57 bits per heavy atom. The highest BCUT2D eigenvalue weighted by molar-refractivity contribution is 7.17. The third-order valence-corrected chi connectivity index (χ3v) is 11.2. The molecule has 3 heterocycles. The smallest absolute Gasteiger partial charge is 0.307 e. The van der Waals surface area contributed by atoms with Gasteiger partial charge in [0.15, 0.2) is 6.73 Å². The van der Waals surface area contributed by atoms with Gasteiger partial charge in [-0.15, -0.1) is 11.3 Å². The van der Waals surface area contributed by atoms with Gasteiger partial charge in [0.1, 0.15) is 5.75 Å². The molecular formula is C41H59N3O4S. The molecule has 49 heavy (non-hydrogen) atoms. The summed E-state index contributed by atoms with van der Waals surface area (Å²) >= 11 is 1.81. The average Bonchev–Trinajstić information content (AvgIpc) is 3.58. The number of fused-ring (bicyclic) bond motifs is 2. The number of anilines is 2. The van der Waals surface area contributed by atoms with Crippen molar-refractivity contribution in [2.24, 2.45) is 0 Å². The molecule has 1 amide bonds. The largest absolute Gasteiger partial charge is 0.494 e. The van der Waals surface area contributed by atoms with E-state index >= 15 is 0 Å². The molecule has 0 radical (unpaired) electrons. The molecule has 0 N–H and O–H groups in total. The average molecular weight is 690 g/mol. The van der Waals surface area contributed by atoms with Crippen LogP contribution in [0.5, 0.6) is 5.75 Å². The van der Waals surface area contributed by atoms with Crippen molar-refractivity contribution in [3.05, 3.63) is 53.4 Å². The van der Waals surface area contributed by atoms with Gasteiger partial charge in [-0.2, -0.15) is 0 Å². The summed E-state index contributed by atoms with van der Waals surface area (Å²) in [5.74, 6) is 0.503. The van der Waals surface area contributed by atoms with Gasteiger partial charge in [0.2, 0.25) is 5.91 Å². The van der Waals surface area contributed by atoms with E-state index in [0.717, 1.165) is 75.4 Å². The highest BCUT2D eigenvalue weighted by atomic mass is 32.1. The number of piperazine rings is 1. The maximum absolute atomic E-state index is 13.2. The van der Waals surface area contributed by atoms with Crippen molar-refractivity contribution in [1.82, 2.24) is 4.90 Å². The molecule has 268 valence electrons. The molecule has 3 aromatic rings. The second-order valence-corrected chi connectivity index (χ2v) is 15.6. The number of thiophene rings is 1. The number of esters is 1. The summed E-state index contributed by atoms with van der Waals surface area (Å²) in [6, 6.07) is 14.9. The minimum atomic E-state index is -0.290. The van der Waals surface area contributed by atoms with Crippen LogP contribution in [-0.4, -0.2) is 62.8 Å². The van der Waals surface area contributed by atoms with E-state index in [2.05, 4.69) is 66.3 Å². The predicted octanol–water partition coefficient (Wildman–Crippen LogP) is 9.71. The molecule has 1 fully saturated rings. The van der Waals surface area contributed by atoms with Crippen molar-refractivity contribution < 1.29 is 19.1 Å². The molecule has 5 rings (SSSR count). The lowest BCUT2D eigenvalue weighted by atomic mass is 9.77. The number of benzene rings is 2. The molecule has 2 aliphatic rings. The Hall–Kier alpha value is -3.10. The van der Waals surface area contributed by atoms with E-state index in [9.17, 15) is 9.59 Å². The normalized spacial score (nSPS) is 16.3. The van der Waals surface area contributed by atoms with Crippen molar-refractivity contribution in [2.45, 2.75) is 116 Å². The Balaban J connectivity index is 1.01. The third-order valence-electron chi connectivity index (χ3n) is 10.3. The number of amides is 1. The quantitative estimate of drug-likeness (QED) is 0.0870. The molecule has 0 atom stereocenters. The van der Waals surface area contributed by atoms with Crippen molar-refractivity contribution >= 4 is 44.7 Å². The summed E-state index contributed by atoms with van der Waals surface area (Å²) in [5.41, 5.74) is 2.95. The first-order valence-corrected chi connectivity index (χ1v) is 19.9. The van der Waals surface area contributed by atoms with E-state index in [1.165, 1.54) is 67.1 Å². The summed E-state index contributed by atoms with van der Waals surface area (Å²) in [7, 11) is 0. The maximum atomic E-state index is 13.2. The van der Waals surface area contributed by atoms with Crippen molar-refractivity contribution in [1.29, 1.82) is 0 Å². The summed E-state index contributed by atoms with van der Waals surface area (Å²) in [6.07, 6.45) is 15.1. The first-order valence-electron chi connectivity index (χ1n) is 19.0. The van der Waals surface area contributed by atoms with Crippen LogP contribution in [-0.2, 0) is 19.7 Å². The number of hydrogen-bond acceptors (Lipinski definition) is 7. The van der Waals surface area contributed by atoms with E-state index in [1.54, 1.807) is 4.90 Å². The number of nitrogens with zero attached hydrogens (tertiary/aromatic N) is 3. The Labute approximate surface area is 298 Å². The van der Waals surface area contributed by atoms with Crippen molar-refractivity contribution in [2.75, 3.05) is 55.9 Å². The van der Waals surface area contributed by atoms with Gasteiger partial charge in [-0.3, -0.25) is 19.4 Å². The van der Waals surface area contributed by atoms with Gasteiger partial charge >= 0.3 is 5.97 Å². The van der Waals surface area contributed by atoms with E-state index in [-0.39, 0.29) is 24.0 Å². The first kappa shape index (κ1) is 37.2. The number of rotatable bonds is 20. The van der Waals surface area contributed by atoms with Gasteiger partial charge in [-0.1, -0.05) is 90.7 Å². The standard InChI is InChI=1S/C41H59N3O4S/c1-4-5-6-7-8-9-10-11-12-13-19-40(46)48-32-44-37-30-33(20-21-35(37)41(2,3)31-39(44)45)47-28-15-14-23-42-24-26-43(27-25-42)36-17-16-18-38-34(36)22-29-49-38/h16-18,20-22,29-30H,4-15,19,23-28,31-32H2,1-3H3. The topological polar surface area (TPSA) is 62.3 Å². The van der Waals surface area contributed by atoms with E-state index in [1.807, 2.05) is 23.5 Å². The van der Waals surface area contributed by atoms with Crippen LogP contribution in [0, 0.1) is 0 Å². The molecule has 2 aromatic carbocycles. The molecule has 2 aliphatic heterocycles. The molecule has 8 heteroatoms. The van der Waals surface area contributed by atoms with E-state index < -0.39 is 0 Å². The number of hydrogen-bond donors (Lipinski definition) is 0. The minimum absolute atomic E-state index is 0.0199. The van der Waals surface area contributed by atoms with Crippen molar-refractivity contribution in [3.8, 4) is 5.75 Å². The maximum Gasteiger partial charge on any atom is 0.307 e. The van der Waals surface area contributed by atoms with Gasteiger partial charge in [0, 0.05) is 66.3 Å². The SMILES string of the molecule is CCCCCCCCCCCCC(=O)OCN1C(=O)CC(C)(C)c2ccc(OCCCCN3CCN(c4cccc5sccc45)CC3)cc21. The predicted molar refractivity (Wildman–Crippen MR) is 204 cm³/mol. The zero-order chi connectivity index (χ0) is 34.5. The Bertz CT molecular complexity index is 1480. The van der Waals surface area contributed by atoms with Gasteiger partial charge < -0.3 is 14.4 Å². The lowest BCUT2D eigenvalue weighted by Crippen LogP contribution is -2.46. The number of ether oxygens (including phenoxy) is 2. The van der Waals surface area contributed by atoms with Crippen LogP contribution in [0.3, 0.4) is 0 Å². The molecule has 0 unspecified atom stereocenters. The van der Waals surface area contributed by atoms with Crippen LogP contribution < -0.4 is 14.5 Å². The fraction of sp³-hybridized carbons (Fsp3) is 0.610. The third kappa shape index (κ3) is 10.7.